The smallest absolute Gasteiger partial charge is 0.247 e. The molecule has 0 fully saturated rings. The Morgan fingerprint density at radius 3 is 2.04 bits per heavy atom. The number of hydrogen-bond acceptors (Lipinski definition) is 1. The van der Waals surface area contributed by atoms with Gasteiger partial charge in [-0.15, -0.1) is 0 Å². The molecule has 1 aliphatic rings. The molecule has 220 valence electrons. The van der Waals surface area contributed by atoms with E-state index in [-0.39, 0.29) is 6.71 Å². The van der Waals surface area contributed by atoms with Gasteiger partial charge in [0.15, 0.2) is 0 Å². The summed E-state index contributed by atoms with van der Waals surface area (Å²) >= 11 is 0. The lowest BCUT2D eigenvalue weighted by Crippen LogP contribution is -2.56. The monoisotopic (exact) mass is 608 g/mol. The van der Waals surface area contributed by atoms with Crippen molar-refractivity contribution in [3.05, 3.63) is 152 Å². The van der Waals surface area contributed by atoms with Gasteiger partial charge in [-0.1, -0.05) is 121 Å². The normalized spacial score (nSPS) is 13.0. The quantitative estimate of drug-likeness (QED) is 0.182. The summed E-state index contributed by atoms with van der Waals surface area (Å²) < 4.78 is 7.29. The van der Waals surface area contributed by atoms with Crippen LogP contribution < -0.4 is 16.4 Å². The average molecular weight is 609 g/mol. The van der Waals surface area contributed by atoms with Crippen LogP contribution in [-0.2, 0) is 0 Å². The minimum Gasteiger partial charge on any atom is -0.308 e. The minimum atomic E-state index is 0.0183. The van der Waals surface area contributed by atoms with Gasteiger partial charge in [-0.3, -0.25) is 8.97 Å². The molecule has 0 N–H and O–H groups in total. The SMILES string of the molecule is c1ccc(-c2ccccc2B2c3cc4c(cc3-n3c5c2cccc5n2c5ccccc5nc32)c2cccc3c5ccccc5n4c32)cc1. The van der Waals surface area contributed by atoms with Gasteiger partial charge in [-0.05, 0) is 58.5 Å². The van der Waals surface area contributed by atoms with Crippen LogP contribution in [0.4, 0.5) is 0 Å². The van der Waals surface area contributed by atoms with Gasteiger partial charge in [0.25, 0.3) is 0 Å². The fourth-order valence-electron chi connectivity index (χ4n) is 8.97. The number of imidazole rings is 2. The van der Waals surface area contributed by atoms with Gasteiger partial charge in [0.2, 0.25) is 12.5 Å². The fourth-order valence-corrected chi connectivity index (χ4v) is 8.97. The Kier molecular flexibility index (Phi) is 4.52. The molecule has 0 bridgehead atoms. The number of rotatable bonds is 2. The zero-order valence-electron chi connectivity index (χ0n) is 25.8. The van der Waals surface area contributed by atoms with Gasteiger partial charge in [0, 0.05) is 27.2 Å². The molecule has 0 saturated heterocycles. The second kappa shape index (κ2) is 8.72. The molecule has 0 amide bonds. The predicted octanol–water partition coefficient (Wildman–Crippen LogP) is 8.08. The van der Waals surface area contributed by atoms with E-state index in [9.17, 15) is 0 Å². The Labute approximate surface area is 275 Å². The van der Waals surface area contributed by atoms with E-state index in [1.54, 1.807) is 0 Å². The van der Waals surface area contributed by atoms with E-state index >= 15 is 0 Å². The Balaban J connectivity index is 1.30. The first kappa shape index (κ1) is 24.8. The summed E-state index contributed by atoms with van der Waals surface area (Å²) in [5.41, 5.74) is 15.9. The largest absolute Gasteiger partial charge is 0.308 e. The number of nitrogens with zero attached hydrogens (tertiary/aromatic N) is 4. The lowest BCUT2D eigenvalue weighted by atomic mass is 9.34. The van der Waals surface area contributed by atoms with Crippen molar-refractivity contribution in [1.82, 2.24) is 18.4 Å². The number of benzene rings is 7. The van der Waals surface area contributed by atoms with Crippen molar-refractivity contribution in [2.75, 3.05) is 0 Å². The lowest BCUT2D eigenvalue weighted by Gasteiger charge is -2.28. The molecule has 5 heterocycles. The summed E-state index contributed by atoms with van der Waals surface area (Å²) in [5, 5.41) is 5.16. The molecule has 0 saturated carbocycles. The van der Waals surface area contributed by atoms with Gasteiger partial charge in [0.1, 0.15) is 0 Å². The summed E-state index contributed by atoms with van der Waals surface area (Å²) in [6, 6.07) is 55.7. The number of fused-ring (bicyclic) bond motifs is 13. The van der Waals surface area contributed by atoms with Gasteiger partial charge in [0.05, 0.1) is 38.6 Å². The fraction of sp³-hybridized carbons (Fsp3) is 0. The second-order valence-corrected chi connectivity index (χ2v) is 13.2. The van der Waals surface area contributed by atoms with Gasteiger partial charge < -0.3 is 4.40 Å². The van der Waals surface area contributed by atoms with Gasteiger partial charge >= 0.3 is 0 Å². The topological polar surface area (TPSA) is 26.6 Å². The standard InChI is InChI=1S/C43H25BN4/c1-2-12-26(13-3-1)27-14-4-6-18-32(27)44-33-19-11-23-38-42(33)48(43-45-35-20-7-9-22-37(35)47(38)43)40-24-31-30-17-10-16-29-28-15-5-8-21-36(28)46(41(29)30)39(31)25-34(40)44/h1-25H. The predicted molar refractivity (Wildman–Crippen MR) is 201 cm³/mol. The van der Waals surface area contributed by atoms with Crippen LogP contribution in [0.2, 0.25) is 0 Å². The number of aromatic nitrogens is 4. The van der Waals surface area contributed by atoms with Crippen LogP contribution in [-0.4, -0.2) is 25.1 Å². The molecule has 0 spiro atoms. The first-order chi connectivity index (χ1) is 23.8. The summed E-state index contributed by atoms with van der Waals surface area (Å²) in [5.74, 6) is 0.955. The molecule has 0 unspecified atom stereocenters. The van der Waals surface area contributed by atoms with Crippen molar-refractivity contribution in [3.8, 4) is 16.8 Å². The zero-order chi connectivity index (χ0) is 31.1. The van der Waals surface area contributed by atoms with Crippen LogP contribution in [0.1, 0.15) is 0 Å². The number of hydrogen-bond donors (Lipinski definition) is 0. The highest BCUT2D eigenvalue weighted by Gasteiger charge is 2.37. The third kappa shape index (κ3) is 2.92. The van der Waals surface area contributed by atoms with E-state index in [0.717, 1.165) is 16.8 Å². The third-order valence-corrected chi connectivity index (χ3v) is 10.8. The van der Waals surface area contributed by atoms with Crippen molar-refractivity contribution in [1.29, 1.82) is 0 Å². The van der Waals surface area contributed by atoms with Crippen LogP contribution in [0.25, 0.3) is 82.8 Å². The van der Waals surface area contributed by atoms with Crippen molar-refractivity contribution in [2.24, 2.45) is 0 Å². The average Bonchev–Trinajstić information content (AvgIpc) is 3.88. The summed E-state index contributed by atoms with van der Waals surface area (Å²) in [7, 11) is 0. The first-order valence-electron chi connectivity index (χ1n) is 16.6. The van der Waals surface area contributed by atoms with E-state index in [4.69, 9.17) is 4.98 Å². The first-order valence-corrected chi connectivity index (χ1v) is 16.6. The van der Waals surface area contributed by atoms with Gasteiger partial charge in [-0.2, -0.15) is 0 Å². The highest BCUT2D eigenvalue weighted by molar-refractivity contribution is 6.98. The third-order valence-electron chi connectivity index (χ3n) is 10.8. The van der Waals surface area contributed by atoms with Gasteiger partial charge in [-0.25, -0.2) is 4.98 Å². The van der Waals surface area contributed by atoms with Crippen LogP contribution in [0, 0.1) is 0 Å². The highest BCUT2D eigenvalue weighted by Crippen LogP contribution is 2.40. The molecular weight excluding hydrogens is 583 g/mol. The minimum absolute atomic E-state index is 0.0183. The van der Waals surface area contributed by atoms with Crippen molar-refractivity contribution in [3.63, 3.8) is 0 Å². The van der Waals surface area contributed by atoms with E-state index in [1.165, 1.54) is 82.3 Å². The van der Waals surface area contributed by atoms with Crippen molar-refractivity contribution >= 4 is 89.0 Å². The lowest BCUT2D eigenvalue weighted by molar-refractivity contribution is 1.12. The molecule has 48 heavy (non-hydrogen) atoms. The highest BCUT2D eigenvalue weighted by atomic mass is 15.2. The maximum absolute atomic E-state index is 5.28. The maximum atomic E-state index is 5.28. The second-order valence-electron chi connectivity index (χ2n) is 13.2. The summed E-state index contributed by atoms with van der Waals surface area (Å²) in [4.78, 5) is 5.28. The summed E-state index contributed by atoms with van der Waals surface area (Å²) in [6.07, 6.45) is 0. The van der Waals surface area contributed by atoms with Crippen LogP contribution in [0.3, 0.4) is 0 Å². The summed E-state index contributed by atoms with van der Waals surface area (Å²) in [6.45, 7) is 0.0183. The van der Waals surface area contributed by atoms with Crippen LogP contribution in [0.15, 0.2) is 152 Å². The molecule has 4 nitrogen and oxygen atoms in total. The van der Waals surface area contributed by atoms with Crippen LogP contribution in [0.5, 0.6) is 0 Å². The van der Waals surface area contributed by atoms with Crippen LogP contribution >= 0.6 is 0 Å². The Morgan fingerprint density at radius 2 is 1.12 bits per heavy atom. The number of para-hydroxylation sites is 5. The molecule has 4 aromatic heterocycles. The molecular formula is C43H25BN4. The zero-order valence-corrected chi connectivity index (χ0v) is 25.8. The van der Waals surface area contributed by atoms with E-state index in [2.05, 4.69) is 165 Å². The molecule has 1 aliphatic heterocycles. The molecule has 0 aliphatic carbocycles. The Bertz CT molecular complexity index is 3130. The maximum Gasteiger partial charge on any atom is 0.247 e. The molecule has 0 atom stereocenters. The van der Waals surface area contributed by atoms with E-state index in [1.807, 2.05) is 0 Å². The van der Waals surface area contributed by atoms with E-state index < -0.39 is 0 Å². The van der Waals surface area contributed by atoms with Crippen molar-refractivity contribution < 1.29 is 0 Å². The van der Waals surface area contributed by atoms with Crippen molar-refractivity contribution in [2.45, 2.75) is 0 Å². The molecule has 5 heteroatoms. The Morgan fingerprint density at radius 1 is 0.438 bits per heavy atom. The molecule has 11 aromatic rings. The molecule has 12 rings (SSSR count). The molecule has 0 radical (unpaired) electrons. The Hall–Kier alpha value is -6.33. The molecule has 7 aromatic carbocycles. The van der Waals surface area contributed by atoms with E-state index in [0.29, 0.717) is 0 Å².